The zero-order valence-electron chi connectivity index (χ0n) is 13.5. The topological polar surface area (TPSA) is 59.8 Å². The molecule has 0 atom stereocenters. The van der Waals surface area contributed by atoms with E-state index in [1.54, 1.807) is 0 Å². The minimum absolute atomic E-state index is 0.0656. The van der Waals surface area contributed by atoms with E-state index in [-0.39, 0.29) is 34.9 Å². The van der Waals surface area contributed by atoms with Crippen LogP contribution in [0.3, 0.4) is 0 Å². The smallest absolute Gasteiger partial charge is 0.350 e. The summed E-state index contributed by atoms with van der Waals surface area (Å²) in [7, 11) is 0. The summed E-state index contributed by atoms with van der Waals surface area (Å²) in [6, 6.07) is 4.76. The maximum Gasteiger partial charge on any atom is 0.417 e. The molecule has 0 aromatic carbocycles. The predicted molar refractivity (Wildman–Crippen MR) is 88.2 cm³/mol. The SMILES string of the molecule is Cc1cc(C(F)(F)F)c2c(C)nn(CC(=O)NCc3cccs3)c2n1. The molecule has 3 aromatic heterocycles. The molecule has 0 aliphatic heterocycles. The molecule has 1 amide bonds. The summed E-state index contributed by atoms with van der Waals surface area (Å²) in [4.78, 5) is 17.3. The van der Waals surface area contributed by atoms with Crippen molar-refractivity contribution in [3.63, 3.8) is 0 Å². The van der Waals surface area contributed by atoms with Crippen molar-refractivity contribution < 1.29 is 18.0 Å². The van der Waals surface area contributed by atoms with Gasteiger partial charge in [-0.25, -0.2) is 9.67 Å². The Bertz CT molecular complexity index is 916. The van der Waals surface area contributed by atoms with Gasteiger partial charge in [0, 0.05) is 10.6 Å². The Morgan fingerprint density at radius 3 is 2.76 bits per heavy atom. The van der Waals surface area contributed by atoms with Crippen molar-refractivity contribution in [3.8, 4) is 0 Å². The van der Waals surface area contributed by atoms with E-state index < -0.39 is 11.7 Å². The lowest BCUT2D eigenvalue weighted by Crippen LogP contribution is -2.27. The lowest BCUT2D eigenvalue weighted by atomic mass is 10.1. The lowest BCUT2D eigenvalue weighted by Gasteiger charge is -2.10. The van der Waals surface area contributed by atoms with Gasteiger partial charge < -0.3 is 5.32 Å². The Morgan fingerprint density at radius 1 is 1.36 bits per heavy atom. The standard InChI is InChI=1S/C16H15F3N4OS/c1-9-6-12(16(17,18)19)14-10(2)22-23(15(14)21-9)8-13(24)20-7-11-4-3-5-25-11/h3-6H,7-8H2,1-2H3,(H,20,24). The second-order valence-corrected chi connectivity index (χ2v) is 6.64. The van der Waals surface area contributed by atoms with Gasteiger partial charge in [-0.2, -0.15) is 18.3 Å². The van der Waals surface area contributed by atoms with Gasteiger partial charge in [-0.15, -0.1) is 11.3 Å². The van der Waals surface area contributed by atoms with Crippen LogP contribution in [0.25, 0.3) is 11.0 Å². The number of carbonyl (C=O) groups is 1. The second-order valence-electron chi connectivity index (χ2n) is 5.61. The minimum atomic E-state index is -4.51. The van der Waals surface area contributed by atoms with Gasteiger partial charge in [0.2, 0.25) is 5.91 Å². The molecule has 0 saturated heterocycles. The molecule has 3 rings (SSSR count). The molecule has 25 heavy (non-hydrogen) atoms. The Labute approximate surface area is 145 Å². The highest BCUT2D eigenvalue weighted by Crippen LogP contribution is 2.36. The van der Waals surface area contributed by atoms with E-state index in [9.17, 15) is 18.0 Å². The van der Waals surface area contributed by atoms with E-state index in [0.717, 1.165) is 10.9 Å². The van der Waals surface area contributed by atoms with Crippen molar-refractivity contribution in [1.82, 2.24) is 20.1 Å². The van der Waals surface area contributed by atoms with Gasteiger partial charge in [0.15, 0.2) is 5.65 Å². The van der Waals surface area contributed by atoms with Crippen LogP contribution in [0.2, 0.25) is 0 Å². The largest absolute Gasteiger partial charge is 0.417 e. The number of fused-ring (bicyclic) bond motifs is 1. The number of nitrogens with zero attached hydrogens (tertiary/aromatic N) is 3. The predicted octanol–water partition coefficient (Wildman–Crippen LogP) is 3.44. The van der Waals surface area contributed by atoms with Gasteiger partial charge in [0.25, 0.3) is 0 Å². The molecule has 0 saturated carbocycles. The Hall–Kier alpha value is -2.42. The minimum Gasteiger partial charge on any atom is -0.350 e. The molecule has 3 aromatic rings. The summed E-state index contributed by atoms with van der Waals surface area (Å²) < 4.78 is 41.1. The number of thiophene rings is 1. The van der Waals surface area contributed by atoms with E-state index in [0.29, 0.717) is 6.54 Å². The molecule has 132 valence electrons. The summed E-state index contributed by atoms with van der Waals surface area (Å²) in [5.41, 5.74) is -0.297. The van der Waals surface area contributed by atoms with E-state index in [1.165, 1.54) is 29.9 Å². The molecule has 0 radical (unpaired) electrons. The molecule has 3 heterocycles. The first-order chi connectivity index (χ1) is 11.8. The highest BCUT2D eigenvalue weighted by Gasteiger charge is 2.35. The summed E-state index contributed by atoms with van der Waals surface area (Å²) in [5, 5.41) is 8.65. The van der Waals surface area contributed by atoms with Crippen LogP contribution >= 0.6 is 11.3 Å². The molecule has 9 heteroatoms. The zero-order chi connectivity index (χ0) is 18.2. The number of nitrogens with one attached hydrogen (secondary N) is 1. The summed E-state index contributed by atoms with van der Waals surface area (Å²) >= 11 is 1.51. The monoisotopic (exact) mass is 368 g/mol. The van der Waals surface area contributed by atoms with Crippen LogP contribution in [0.4, 0.5) is 13.2 Å². The van der Waals surface area contributed by atoms with E-state index in [1.807, 2.05) is 17.5 Å². The van der Waals surface area contributed by atoms with Crippen LogP contribution in [0.5, 0.6) is 0 Å². The number of carbonyl (C=O) groups excluding carboxylic acids is 1. The number of amides is 1. The van der Waals surface area contributed by atoms with Crippen LogP contribution in [-0.4, -0.2) is 20.7 Å². The molecule has 0 unspecified atom stereocenters. The van der Waals surface area contributed by atoms with Gasteiger partial charge >= 0.3 is 6.18 Å². The molecule has 1 N–H and O–H groups in total. The molecule has 0 spiro atoms. The number of alkyl halides is 3. The molecule has 0 aliphatic rings. The number of hydrogen-bond donors (Lipinski definition) is 1. The number of hydrogen-bond acceptors (Lipinski definition) is 4. The summed E-state index contributed by atoms with van der Waals surface area (Å²) in [6.45, 7) is 3.14. The van der Waals surface area contributed by atoms with Crippen molar-refractivity contribution in [2.45, 2.75) is 33.1 Å². The number of rotatable bonds is 4. The molecular formula is C16H15F3N4OS. The normalized spacial score (nSPS) is 11.9. The fourth-order valence-corrected chi connectivity index (χ4v) is 3.25. The molecule has 0 bridgehead atoms. The maximum absolute atomic E-state index is 13.3. The first-order valence-corrected chi connectivity index (χ1v) is 8.34. The second kappa shape index (κ2) is 6.47. The highest BCUT2D eigenvalue weighted by atomic mass is 32.1. The molecule has 5 nitrogen and oxygen atoms in total. The number of halogens is 3. The average Bonchev–Trinajstić information content (AvgIpc) is 3.13. The first kappa shape index (κ1) is 17.4. The summed E-state index contributed by atoms with van der Waals surface area (Å²) in [5.74, 6) is -0.338. The molecule has 0 fully saturated rings. The van der Waals surface area contributed by atoms with Gasteiger partial charge in [-0.3, -0.25) is 4.79 Å². The van der Waals surface area contributed by atoms with Crippen LogP contribution in [0.15, 0.2) is 23.6 Å². The van der Waals surface area contributed by atoms with Crippen molar-refractivity contribution >= 4 is 28.3 Å². The van der Waals surface area contributed by atoms with E-state index in [2.05, 4.69) is 15.4 Å². The van der Waals surface area contributed by atoms with Crippen LogP contribution in [0, 0.1) is 13.8 Å². The van der Waals surface area contributed by atoms with Gasteiger partial charge in [0.1, 0.15) is 6.54 Å². The maximum atomic E-state index is 13.3. The van der Waals surface area contributed by atoms with Gasteiger partial charge in [-0.1, -0.05) is 6.07 Å². The fraction of sp³-hybridized carbons (Fsp3) is 0.312. The average molecular weight is 368 g/mol. The third-order valence-electron chi connectivity index (χ3n) is 3.64. The quantitative estimate of drug-likeness (QED) is 0.767. The first-order valence-electron chi connectivity index (χ1n) is 7.46. The number of aryl methyl sites for hydroxylation is 2. The Balaban J connectivity index is 1.89. The zero-order valence-corrected chi connectivity index (χ0v) is 14.3. The van der Waals surface area contributed by atoms with Crippen molar-refractivity contribution in [1.29, 1.82) is 0 Å². The summed E-state index contributed by atoms with van der Waals surface area (Å²) in [6.07, 6.45) is -4.51. The molecule has 0 aliphatic carbocycles. The van der Waals surface area contributed by atoms with Crippen molar-refractivity contribution in [2.75, 3.05) is 0 Å². The third kappa shape index (κ3) is 3.65. The van der Waals surface area contributed by atoms with Crippen LogP contribution < -0.4 is 5.32 Å². The van der Waals surface area contributed by atoms with Crippen LogP contribution in [0.1, 0.15) is 21.8 Å². The number of aromatic nitrogens is 3. The van der Waals surface area contributed by atoms with E-state index in [4.69, 9.17) is 0 Å². The van der Waals surface area contributed by atoms with Crippen LogP contribution in [-0.2, 0) is 24.1 Å². The third-order valence-corrected chi connectivity index (χ3v) is 4.52. The Kier molecular flexibility index (Phi) is 4.51. The van der Waals surface area contributed by atoms with Gasteiger partial charge in [0.05, 0.1) is 23.2 Å². The van der Waals surface area contributed by atoms with E-state index >= 15 is 0 Å². The lowest BCUT2D eigenvalue weighted by molar-refractivity contribution is -0.136. The Morgan fingerprint density at radius 2 is 2.12 bits per heavy atom. The molecular weight excluding hydrogens is 353 g/mol. The van der Waals surface area contributed by atoms with Gasteiger partial charge in [-0.05, 0) is 31.4 Å². The van der Waals surface area contributed by atoms with Crippen molar-refractivity contribution in [3.05, 3.63) is 45.4 Å². The number of pyridine rings is 1. The highest BCUT2D eigenvalue weighted by molar-refractivity contribution is 7.09. The van der Waals surface area contributed by atoms with Crippen molar-refractivity contribution in [2.24, 2.45) is 0 Å². The fourth-order valence-electron chi connectivity index (χ4n) is 2.60.